The molecule has 0 spiro atoms. The number of rotatable bonds is 3. The fourth-order valence-electron chi connectivity index (χ4n) is 2.90. The number of aryl methyl sites for hydroxylation is 2. The van der Waals surface area contributed by atoms with Crippen molar-refractivity contribution in [3.63, 3.8) is 0 Å². The summed E-state index contributed by atoms with van der Waals surface area (Å²) in [5, 5.41) is 8.87. The highest BCUT2D eigenvalue weighted by Gasteiger charge is 2.35. The Morgan fingerprint density at radius 1 is 1.38 bits per heavy atom. The molecule has 1 fully saturated rings. The average Bonchev–Trinajstić information content (AvgIpc) is 2.75. The van der Waals surface area contributed by atoms with Crippen LogP contribution >= 0.6 is 0 Å². The number of fused-ring (bicyclic) bond motifs is 1. The van der Waals surface area contributed by atoms with Crippen LogP contribution in [0, 0.1) is 11.8 Å². The normalized spacial score (nSPS) is 21.4. The first-order chi connectivity index (χ1) is 9.90. The van der Waals surface area contributed by atoms with Gasteiger partial charge >= 0.3 is 11.7 Å². The number of hydrogen-bond acceptors (Lipinski definition) is 4. The van der Waals surface area contributed by atoms with Crippen molar-refractivity contribution in [2.75, 3.05) is 0 Å². The van der Waals surface area contributed by atoms with Gasteiger partial charge in [-0.05, 0) is 18.8 Å². The summed E-state index contributed by atoms with van der Waals surface area (Å²) < 4.78 is 4.13. The molecular weight excluding hydrogens is 276 g/mol. The largest absolute Gasteiger partial charge is 0.481 e. The fourth-order valence-corrected chi connectivity index (χ4v) is 2.90. The van der Waals surface area contributed by atoms with Crippen LogP contribution in [0.15, 0.2) is 15.9 Å². The summed E-state index contributed by atoms with van der Waals surface area (Å²) in [4.78, 5) is 39.6. The van der Waals surface area contributed by atoms with Crippen LogP contribution in [-0.4, -0.2) is 29.8 Å². The topological polar surface area (TPSA) is 99.1 Å². The van der Waals surface area contributed by atoms with Crippen molar-refractivity contribution < 1.29 is 9.90 Å². The molecule has 8 heteroatoms. The maximum Gasteiger partial charge on any atom is 0.332 e. The minimum absolute atomic E-state index is 0.0576. The van der Waals surface area contributed by atoms with Gasteiger partial charge in [-0.1, -0.05) is 0 Å². The van der Waals surface area contributed by atoms with E-state index in [1.807, 2.05) is 0 Å². The van der Waals surface area contributed by atoms with Crippen molar-refractivity contribution in [2.24, 2.45) is 25.9 Å². The molecule has 0 unspecified atom stereocenters. The van der Waals surface area contributed by atoms with Crippen LogP contribution in [0.25, 0.3) is 11.2 Å². The molecule has 2 heterocycles. The third-order valence-electron chi connectivity index (χ3n) is 4.23. The lowest BCUT2D eigenvalue weighted by molar-refractivity contribution is -0.146. The number of carboxylic acid groups (broad SMARTS) is 1. The Morgan fingerprint density at radius 3 is 2.67 bits per heavy atom. The molecule has 21 heavy (non-hydrogen) atoms. The molecule has 0 aliphatic heterocycles. The van der Waals surface area contributed by atoms with Crippen LogP contribution in [0.3, 0.4) is 0 Å². The van der Waals surface area contributed by atoms with Gasteiger partial charge < -0.3 is 9.67 Å². The summed E-state index contributed by atoms with van der Waals surface area (Å²) in [5.74, 6) is -1.11. The molecule has 0 bridgehead atoms. The molecule has 0 aromatic carbocycles. The minimum Gasteiger partial charge on any atom is -0.481 e. The van der Waals surface area contributed by atoms with Crippen molar-refractivity contribution in [1.82, 2.24) is 18.7 Å². The van der Waals surface area contributed by atoms with E-state index >= 15 is 0 Å². The molecule has 0 radical (unpaired) electrons. The number of carbonyl (C=O) groups is 1. The van der Waals surface area contributed by atoms with Crippen LogP contribution in [0.2, 0.25) is 0 Å². The molecule has 1 aliphatic rings. The summed E-state index contributed by atoms with van der Waals surface area (Å²) in [7, 11) is 3.28. The first-order valence-corrected chi connectivity index (χ1v) is 6.73. The zero-order valence-electron chi connectivity index (χ0n) is 11.8. The molecule has 1 N–H and O–H groups in total. The van der Waals surface area contributed by atoms with Crippen LogP contribution < -0.4 is 11.2 Å². The number of aliphatic carboxylic acids is 1. The Bertz CT molecular complexity index is 838. The zero-order valence-corrected chi connectivity index (χ0v) is 11.8. The van der Waals surface area contributed by atoms with E-state index in [-0.39, 0.29) is 23.9 Å². The highest BCUT2D eigenvalue weighted by atomic mass is 16.4. The van der Waals surface area contributed by atoms with Gasteiger partial charge in [-0.3, -0.25) is 18.7 Å². The predicted molar refractivity (Wildman–Crippen MR) is 74.1 cm³/mol. The van der Waals surface area contributed by atoms with Gasteiger partial charge in [0.15, 0.2) is 11.2 Å². The minimum atomic E-state index is -0.811. The van der Waals surface area contributed by atoms with E-state index in [0.717, 1.165) is 0 Å². The van der Waals surface area contributed by atoms with E-state index in [0.29, 0.717) is 24.0 Å². The number of nitrogens with zero attached hydrogens (tertiary/aromatic N) is 4. The molecule has 2 aromatic heterocycles. The van der Waals surface area contributed by atoms with Crippen molar-refractivity contribution in [2.45, 2.75) is 19.4 Å². The van der Waals surface area contributed by atoms with Gasteiger partial charge in [0.05, 0.1) is 12.2 Å². The molecule has 1 saturated carbocycles. The Morgan fingerprint density at radius 2 is 2.05 bits per heavy atom. The monoisotopic (exact) mass is 292 g/mol. The Balaban J connectivity index is 2.00. The molecule has 3 rings (SSSR count). The number of imidazole rings is 1. The van der Waals surface area contributed by atoms with Crippen molar-refractivity contribution in [1.29, 1.82) is 0 Å². The van der Waals surface area contributed by atoms with Gasteiger partial charge in [-0.15, -0.1) is 0 Å². The maximum absolute atomic E-state index is 12.4. The molecular formula is C13H16N4O4. The molecule has 0 atom stereocenters. The average molecular weight is 292 g/mol. The molecule has 1 aliphatic carbocycles. The predicted octanol–water partition coefficient (Wildman–Crippen LogP) is -0.455. The van der Waals surface area contributed by atoms with Gasteiger partial charge in [0.1, 0.15) is 0 Å². The summed E-state index contributed by atoms with van der Waals surface area (Å²) in [6.07, 6.45) is 2.52. The van der Waals surface area contributed by atoms with E-state index in [2.05, 4.69) is 4.98 Å². The van der Waals surface area contributed by atoms with Gasteiger partial charge in [-0.2, -0.15) is 0 Å². The van der Waals surface area contributed by atoms with Crippen LogP contribution in [0.5, 0.6) is 0 Å². The second-order valence-electron chi connectivity index (χ2n) is 5.66. The van der Waals surface area contributed by atoms with Crippen LogP contribution in [0.4, 0.5) is 0 Å². The fraction of sp³-hybridized carbons (Fsp3) is 0.538. The molecule has 112 valence electrons. The maximum atomic E-state index is 12.4. The zero-order chi connectivity index (χ0) is 15.3. The quantitative estimate of drug-likeness (QED) is 0.825. The third kappa shape index (κ3) is 1.98. The summed E-state index contributed by atoms with van der Waals surface area (Å²) >= 11 is 0. The first-order valence-electron chi connectivity index (χ1n) is 6.73. The van der Waals surface area contributed by atoms with Crippen molar-refractivity contribution in [3.8, 4) is 0 Å². The summed E-state index contributed by atoms with van der Waals surface area (Å²) in [6, 6.07) is 0. The summed E-state index contributed by atoms with van der Waals surface area (Å²) in [5.41, 5.74) is -0.0381. The SMILES string of the molecule is Cn1cnc2c1c(=O)n(CC1CC(C(=O)O)C1)c(=O)n2C. The van der Waals surface area contributed by atoms with Crippen LogP contribution in [-0.2, 0) is 25.4 Å². The van der Waals surface area contributed by atoms with Gasteiger partial charge in [0.2, 0.25) is 0 Å². The Labute approximate surface area is 119 Å². The second kappa shape index (κ2) is 4.57. The summed E-state index contributed by atoms with van der Waals surface area (Å²) in [6.45, 7) is 0.260. The lowest BCUT2D eigenvalue weighted by Crippen LogP contribution is -2.43. The van der Waals surface area contributed by atoms with Crippen LogP contribution in [0.1, 0.15) is 12.8 Å². The van der Waals surface area contributed by atoms with E-state index in [1.165, 1.54) is 15.5 Å². The van der Waals surface area contributed by atoms with E-state index < -0.39 is 11.7 Å². The second-order valence-corrected chi connectivity index (χ2v) is 5.66. The highest BCUT2D eigenvalue weighted by Crippen LogP contribution is 2.34. The van der Waals surface area contributed by atoms with Crippen molar-refractivity contribution in [3.05, 3.63) is 27.2 Å². The smallest absolute Gasteiger partial charge is 0.332 e. The molecule has 2 aromatic rings. The highest BCUT2D eigenvalue weighted by molar-refractivity contribution is 5.71. The van der Waals surface area contributed by atoms with Gasteiger partial charge in [0.25, 0.3) is 5.56 Å². The van der Waals surface area contributed by atoms with Gasteiger partial charge in [0, 0.05) is 20.6 Å². The molecule has 0 amide bonds. The number of hydrogen-bond donors (Lipinski definition) is 1. The van der Waals surface area contributed by atoms with E-state index in [1.54, 1.807) is 18.7 Å². The van der Waals surface area contributed by atoms with Gasteiger partial charge in [-0.25, -0.2) is 9.78 Å². The Kier molecular flexibility index (Phi) is 2.96. The number of carboxylic acids is 1. The van der Waals surface area contributed by atoms with E-state index in [9.17, 15) is 14.4 Å². The lowest BCUT2D eigenvalue weighted by atomic mass is 9.75. The standard InChI is InChI=1S/C13H16N4O4/c1-15-6-14-10-9(15)11(18)17(13(21)16(10)2)5-7-3-8(4-7)12(19)20/h6-8H,3-5H2,1-2H3,(H,19,20). The molecule has 0 saturated heterocycles. The Hall–Kier alpha value is -2.38. The third-order valence-corrected chi connectivity index (χ3v) is 4.23. The number of aromatic nitrogens is 4. The van der Waals surface area contributed by atoms with Crippen molar-refractivity contribution >= 4 is 17.1 Å². The van der Waals surface area contributed by atoms with E-state index in [4.69, 9.17) is 5.11 Å². The lowest BCUT2D eigenvalue weighted by Gasteiger charge is -2.32. The first kappa shape index (κ1) is 13.6. The molecule has 8 nitrogen and oxygen atoms in total.